The molecular formula is C18H25F. The molecule has 2 saturated carbocycles. The maximum absolute atomic E-state index is 13.1. The number of hydrogen-bond donors (Lipinski definition) is 0. The van der Waals surface area contributed by atoms with Crippen LogP contribution in [0.5, 0.6) is 0 Å². The molecule has 0 heterocycles. The van der Waals surface area contributed by atoms with Gasteiger partial charge in [-0.2, -0.15) is 0 Å². The van der Waals surface area contributed by atoms with Crippen molar-refractivity contribution in [2.45, 2.75) is 57.8 Å². The average molecular weight is 260 g/mol. The Bertz CT molecular complexity index is 400. The van der Waals surface area contributed by atoms with E-state index >= 15 is 0 Å². The summed E-state index contributed by atoms with van der Waals surface area (Å²) in [4.78, 5) is 0. The fraction of sp³-hybridized carbons (Fsp3) is 0.667. The van der Waals surface area contributed by atoms with Crippen LogP contribution in [0.15, 0.2) is 24.3 Å². The van der Waals surface area contributed by atoms with Crippen molar-refractivity contribution in [3.8, 4) is 0 Å². The van der Waals surface area contributed by atoms with Gasteiger partial charge in [-0.05, 0) is 67.6 Å². The fourth-order valence-electron chi connectivity index (χ4n) is 4.39. The van der Waals surface area contributed by atoms with Gasteiger partial charge in [-0.3, -0.25) is 0 Å². The lowest BCUT2D eigenvalue weighted by molar-refractivity contribution is 0.131. The van der Waals surface area contributed by atoms with E-state index in [2.05, 4.69) is 6.07 Å². The van der Waals surface area contributed by atoms with E-state index in [0.717, 1.165) is 29.7 Å². The number of benzene rings is 1. The second kappa shape index (κ2) is 6.07. The van der Waals surface area contributed by atoms with Crippen molar-refractivity contribution in [3.63, 3.8) is 0 Å². The Labute approximate surface area is 116 Å². The minimum absolute atomic E-state index is 0.0929. The van der Waals surface area contributed by atoms with Crippen molar-refractivity contribution < 1.29 is 4.39 Å². The number of halogens is 1. The minimum atomic E-state index is -0.0929. The molecule has 1 aromatic rings. The van der Waals surface area contributed by atoms with Crippen LogP contribution >= 0.6 is 0 Å². The Morgan fingerprint density at radius 2 is 1.84 bits per heavy atom. The zero-order chi connectivity index (χ0) is 13.1. The third-order valence-electron chi connectivity index (χ3n) is 5.19. The first kappa shape index (κ1) is 13.1. The summed E-state index contributed by atoms with van der Waals surface area (Å²) in [6.45, 7) is 0. The van der Waals surface area contributed by atoms with Gasteiger partial charge in [0.1, 0.15) is 5.82 Å². The number of fused-ring (bicyclic) bond motifs is 2. The van der Waals surface area contributed by atoms with Crippen molar-refractivity contribution in [3.05, 3.63) is 35.6 Å². The standard InChI is InChI=1S/C18H25F/c19-18-9-3-5-14(13-18)4-1-6-15-10-16-7-2-8-17(11-15)12-16/h3,5,9,13,15-17H,1-2,4,6-8,10-12H2. The third-order valence-corrected chi connectivity index (χ3v) is 5.19. The Morgan fingerprint density at radius 3 is 2.58 bits per heavy atom. The smallest absolute Gasteiger partial charge is 0.123 e. The molecule has 0 N–H and O–H groups in total. The molecule has 1 heteroatoms. The zero-order valence-corrected chi connectivity index (χ0v) is 11.8. The number of hydrogen-bond acceptors (Lipinski definition) is 0. The van der Waals surface area contributed by atoms with Crippen LogP contribution < -0.4 is 0 Å². The molecule has 2 unspecified atom stereocenters. The predicted molar refractivity (Wildman–Crippen MR) is 77.5 cm³/mol. The van der Waals surface area contributed by atoms with E-state index in [9.17, 15) is 4.39 Å². The van der Waals surface area contributed by atoms with Gasteiger partial charge >= 0.3 is 0 Å². The second-order valence-electron chi connectivity index (χ2n) is 6.76. The van der Waals surface area contributed by atoms with E-state index < -0.39 is 0 Å². The quantitative estimate of drug-likeness (QED) is 0.683. The zero-order valence-electron chi connectivity index (χ0n) is 11.8. The summed E-state index contributed by atoms with van der Waals surface area (Å²) in [7, 11) is 0. The summed E-state index contributed by atoms with van der Waals surface area (Å²) >= 11 is 0. The first-order chi connectivity index (χ1) is 9.29. The van der Waals surface area contributed by atoms with Gasteiger partial charge in [0.15, 0.2) is 0 Å². The molecule has 1 aromatic carbocycles. The van der Waals surface area contributed by atoms with Gasteiger partial charge < -0.3 is 0 Å². The Morgan fingerprint density at radius 1 is 1.05 bits per heavy atom. The molecule has 104 valence electrons. The average Bonchev–Trinajstić information content (AvgIpc) is 2.38. The van der Waals surface area contributed by atoms with Gasteiger partial charge in [0.25, 0.3) is 0 Å². The first-order valence-corrected chi connectivity index (χ1v) is 8.04. The lowest BCUT2D eigenvalue weighted by atomic mass is 9.67. The lowest BCUT2D eigenvalue weighted by Crippen LogP contribution is -2.26. The molecule has 2 bridgehead atoms. The van der Waals surface area contributed by atoms with Crippen molar-refractivity contribution in [2.75, 3.05) is 0 Å². The normalized spacial score (nSPS) is 30.3. The Kier molecular flexibility index (Phi) is 4.20. The van der Waals surface area contributed by atoms with E-state index in [1.165, 1.54) is 57.4 Å². The molecular weight excluding hydrogens is 235 g/mol. The molecule has 19 heavy (non-hydrogen) atoms. The van der Waals surface area contributed by atoms with Crippen LogP contribution in [0.2, 0.25) is 0 Å². The predicted octanol–water partition coefficient (Wildman–Crippen LogP) is 5.36. The summed E-state index contributed by atoms with van der Waals surface area (Å²) in [6, 6.07) is 7.11. The molecule has 0 saturated heterocycles. The minimum Gasteiger partial charge on any atom is -0.207 e. The van der Waals surface area contributed by atoms with Crippen molar-refractivity contribution in [2.24, 2.45) is 17.8 Å². The van der Waals surface area contributed by atoms with Crippen molar-refractivity contribution >= 4 is 0 Å². The van der Waals surface area contributed by atoms with Crippen molar-refractivity contribution in [1.29, 1.82) is 0 Å². The lowest BCUT2D eigenvalue weighted by Gasteiger charge is -2.39. The molecule has 2 fully saturated rings. The van der Waals surface area contributed by atoms with Gasteiger partial charge in [0.05, 0.1) is 0 Å². The number of rotatable bonds is 4. The van der Waals surface area contributed by atoms with E-state index in [0.29, 0.717) is 0 Å². The molecule has 0 spiro atoms. The highest BCUT2D eigenvalue weighted by Gasteiger charge is 2.31. The molecule has 0 radical (unpaired) electrons. The molecule has 0 aromatic heterocycles. The van der Waals surface area contributed by atoms with Gasteiger partial charge in [-0.1, -0.05) is 37.8 Å². The molecule has 2 atom stereocenters. The van der Waals surface area contributed by atoms with Crippen LogP contribution in [0, 0.1) is 23.6 Å². The van der Waals surface area contributed by atoms with E-state index in [1.807, 2.05) is 6.07 Å². The first-order valence-electron chi connectivity index (χ1n) is 8.04. The van der Waals surface area contributed by atoms with Gasteiger partial charge in [0.2, 0.25) is 0 Å². The summed E-state index contributed by atoms with van der Waals surface area (Å²) in [5.74, 6) is 2.93. The summed E-state index contributed by atoms with van der Waals surface area (Å²) in [5, 5.41) is 0. The maximum Gasteiger partial charge on any atom is 0.123 e. The summed E-state index contributed by atoms with van der Waals surface area (Å²) < 4.78 is 13.1. The third kappa shape index (κ3) is 3.58. The summed E-state index contributed by atoms with van der Waals surface area (Å²) in [5.41, 5.74) is 1.16. The van der Waals surface area contributed by atoms with Crippen LogP contribution in [0.3, 0.4) is 0 Å². The molecule has 3 rings (SSSR count). The van der Waals surface area contributed by atoms with E-state index in [-0.39, 0.29) is 5.82 Å². The summed E-state index contributed by atoms with van der Waals surface area (Å²) in [6.07, 6.45) is 12.5. The van der Waals surface area contributed by atoms with E-state index in [4.69, 9.17) is 0 Å². The Hall–Kier alpha value is -0.850. The van der Waals surface area contributed by atoms with Gasteiger partial charge in [0, 0.05) is 0 Å². The molecule has 2 aliphatic rings. The highest BCUT2D eigenvalue weighted by Crippen LogP contribution is 2.43. The Balaban J connectivity index is 1.45. The van der Waals surface area contributed by atoms with Gasteiger partial charge in [-0.25, -0.2) is 4.39 Å². The van der Waals surface area contributed by atoms with Crippen LogP contribution in [0.4, 0.5) is 4.39 Å². The van der Waals surface area contributed by atoms with Crippen molar-refractivity contribution in [1.82, 2.24) is 0 Å². The second-order valence-corrected chi connectivity index (χ2v) is 6.76. The maximum atomic E-state index is 13.1. The fourth-order valence-corrected chi connectivity index (χ4v) is 4.39. The largest absolute Gasteiger partial charge is 0.207 e. The molecule has 0 aliphatic heterocycles. The molecule has 0 amide bonds. The monoisotopic (exact) mass is 260 g/mol. The van der Waals surface area contributed by atoms with E-state index in [1.54, 1.807) is 6.07 Å². The molecule has 2 aliphatic carbocycles. The van der Waals surface area contributed by atoms with Crippen LogP contribution in [-0.4, -0.2) is 0 Å². The van der Waals surface area contributed by atoms with Crippen LogP contribution in [0.1, 0.15) is 56.9 Å². The topological polar surface area (TPSA) is 0 Å². The SMILES string of the molecule is Fc1cccc(CCCC2CC3CCCC(C2)C3)c1. The highest BCUT2D eigenvalue weighted by molar-refractivity contribution is 5.16. The number of aryl methyl sites for hydroxylation is 1. The van der Waals surface area contributed by atoms with Crippen LogP contribution in [0.25, 0.3) is 0 Å². The highest BCUT2D eigenvalue weighted by atomic mass is 19.1. The molecule has 0 nitrogen and oxygen atoms in total. The van der Waals surface area contributed by atoms with Crippen LogP contribution in [-0.2, 0) is 6.42 Å². The van der Waals surface area contributed by atoms with Gasteiger partial charge in [-0.15, -0.1) is 0 Å².